The summed E-state index contributed by atoms with van der Waals surface area (Å²) in [5, 5.41) is 0.281. The number of halogens is 2. The van der Waals surface area contributed by atoms with Crippen LogP contribution in [0.3, 0.4) is 0 Å². The van der Waals surface area contributed by atoms with Crippen molar-refractivity contribution < 1.29 is 18.8 Å². The van der Waals surface area contributed by atoms with E-state index in [1.807, 2.05) is 6.07 Å². The van der Waals surface area contributed by atoms with Gasteiger partial charge >= 0.3 is 0 Å². The SMILES string of the molecule is O=C(c1ccccc1)c1ccccc1C(=O)N1CCN(C(=O)c2cc(Cl)ccc2F)CC1. The molecular weight excluding hydrogens is 431 g/mol. The molecule has 0 aromatic heterocycles. The van der Waals surface area contributed by atoms with Crippen LogP contribution in [0.4, 0.5) is 4.39 Å². The van der Waals surface area contributed by atoms with E-state index in [0.29, 0.717) is 16.7 Å². The van der Waals surface area contributed by atoms with E-state index in [9.17, 15) is 18.8 Å². The van der Waals surface area contributed by atoms with Crippen LogP contribution >= 0.6 is 11.6 Å². The Morgan fingerprint density at radius 3 is 1.84 bits per heavy atom. The largest absolute Gasteiger partial charge is 0.335 e. The fourth-order valence-corrected chi connectivity index (χ4v) is 3.90. The second-order valence-electron chi connectivity index (χ2n) is 7.45. The van der Waals surface area contributed by atoms with Crippen molar-refractivity contribution in [3.05, 3.63) is 106 Å². The van der Waals surface area contributed by atoms with Crippen molar-refractivity contribution in [2.24, 2.45) is 0 Å². The summed E-state index contributed by atoms with van der Waals surface area (Å²) in [4.78, 5) is 41.9. The van der Waals surface area contributed by atoms with Crippen LogP contribution < -0.4 is 0 Å². The number of rotatable bonds is 4. The van der Waals surface area contributed by atoms with Crippen LogP contribution in [-0.2, 0) is 0 Å². The Labute approximate surface area is 190 Å². The molecule has 2 amide bonds. The summed E-state index contributed by atoms with van der Waals surface area (Å²) in [7, 11) is 0. The number of benzene rings is 3. The van der Waals surface area contributed by atoms with Gasteiger partial charge in [-0.2, -0.15) is 0 Å². The Hall–Kier alpha value is -3.51. The minimum absolute atomic E-state index is 0.0870. The Balaban J connectivity index is 1.48. The molecule has 162 valence electrons. The van der Waals surface area contributed by atoms with Crippen molar-refractivity contribution >= 4 is 29.2 Å². The molecule has 1 saturated heterocycles. The molecule has 1 heterocycles. The molecule has 1 fully saturated rings. The lowest BCUT2D eigenvalue weighted by Crippen LogP contribution is -2.51. The van der Waals surface area contributed by atoms with Crippen molar-refractivity contribution in [1.82, 2.24) is 9.80 Å². The van der Waals surface area contributed by atoms with Gasteiger partial charge in [-0.3, -0.25) is 14.4 Å². The number of carbonyl (C=O) groups is 3. The average Bonchev–Trinajstić information content (AvgIpc) is 2.85. The number of carbonyl (C=O) groups excluding carboxylic acids is 3. The van der Waals surface area contributed by atoms with Gasteiger partial charge in [-0.15, -0.1) is 0 Å². The summed E-state index contributed by atoms with van der Waals surface area (Å²) in [6.07, 6.45) is 0. The molecule has 5 nitrogen and oxygen atoms in total. The number of nitrogens with zero attached hydrogens (tertiary/aromatic N) is 2. The second-order valence-corrected chi connectivity index (χ2v) is 7.89. The molecule has 3 aromatic carbocycles. The Bertz CT molecular complexity index is 1170. The molecule has 1 aliphatic rings. The molecule has 3 aromatic rings. The zero-order valence-electron chi connectivity index (χ0n) is 17.1. The molecule has 0 aliphatic carbocycles. The highest BCUT2D eigenvalue weighted by atomic mass is 35.5. The summed E-state index contributed by atoms with van der Waals surface area (Å²) >= 11 is 5.90. The first kappa shape index (κ1) is 21.7. The maximum absolute atomic E-state index is 14.1. The van der Waals surface area contributed by atoms with E-state index in [-0.39, 0.29) is 48.5 Å². The molecule has 4 rings (SSSR count). The highest BCUT2D eigenvalue weighted by Crippen LogP contribution is 2.20. The van der Waals surface area contributed by atoms with Gasteiger partial charge in [0.2, 0.25) is 0 Å². The predicted octanol–water partition coefficient (Wildman–Crippen LogP) is 4.31. The first-order valence-corrected chi connectivity index (χ1v) is 10.6. The maximum Gasteiger partial charge on any atom is 0.257 e. The first-order valence-electron chi connectivity index (χ1n) is 10.2. The van der Waals surface area contributed by atoms with Crippen LogP contribution in [0.15, 0.2) is 72.8 Å². The van der Waals surface area contributed by atoms with E-state index >= 15 is 0 Å². The lowest BCUT2D eigenvalue weighted by molar-refractivity contribution is 0.0532. The molecule has 0 spiro atoms. The third kappa shape index (κ3) is 4.41. The van der Waals surface area contributed by atoms with E-state index in [2.05, 4.69) is 0 Å². The highest BCUT2D eigenvalue weighted by Gasteiger charge is 2.28. The van der Waals surface area contributed by atoms with Gasteiger partial charge in [0, 0.05) is 42.3 Å². The quantitative estimate of drug-likeness (QED) is 0.556. The van der Waals surface area contributed by atoms with Crippen LogP contribution in [0, 0.1) is 5.82 Å². The zero-order chi connectivity index (χ0) is 22.7. The predicted molar refractivity (Wildman–Crippen MR) is 120 cm³/mol. The van der Waals surface area contributed by atoms with Gasteiger partial charge in [-0.05, 0) is 24.3 Å². The normalized spacial score (nSPS) is 13.7. The lowest BCUT2D eigenvalue weighted by Gasteiger charge is -2.35. The van der Waals surface area contributed by atoms with E-state index in [1.54, 1.807) is 53.4 Å². The fourth-order valence-electron chi connectivity index (χ4n) is 3.73. The molecular formula is C25H20ClFN2O3. The molecule has 0 bridgehead atoms. The van der Waals surface area contributed by atoms with Crippen molar-refractivity contribution in [3.8, 4) is 0 Å². The highest BCUT2D eigenvalue weighted by molar-refractivity contribution is 6.31. The topological polar surface area (TPSA) is 57.7 Å². The molecule has 0 saturated carbocycles. The van der Waals surface area contributed by atoms with Crippen molar-refractivity contribution in [2.45, 2.75) is 0 Å². The monoisotopic (exact) mass is 450 g/mol. The van der Waals surface area contributed by atoms with Gasteiger partial charge in [-0.25, -0.2) is 4.39 Å². The number of ketones is 1. The van der Waals surface area contributed by atoms with E-state index in [1.165, 1.54) is 17.0 Å². The van der Waals surface area contributed by atoms with Crippen molar-refractivity contribution in [3.63, 3.8) is 0 Å². The van der Waals surface area contributed by atoms with Gasteiger partial charge in [0.05, 0.1) is 11.1 Å². The smallest absolute Gasteiger partial charge is 0.257 e. The maximum atomic E-state index is 14.1. The lowest BCUT2D eigenvalue weighted by atomic mass is 9.97. The molecule has 0 N–H and O–H groups in total. The third-order valence-electron chi connectivity index (χ3n) is 5.45. The molecule has 1 aliphatic heterocycles. The number of hydrogen-bond donors (Lipinski definition) is 0. The molecule has 0 atom stereocenters. The van der Waals surface area contributed by atoms with Crippen LogP contribution in [-0.4, -0.2) is 53.6 Å². The van der Waals surface area contributed by atoms with Gasteiger partial charge in [-0.1, -0.05) is 60.1 Å². The first-order chi connectivity index (χ1) is 15.5. The summed E-state index contributed by atoms with van der Waals surface area (Å²) in [5.74, 6) is -1.59. The summed E-state index contributed by atoms with van der Waals surface area (Å²) in [6.45, 7) is 1.07. The van der Waals surface area contributed by atoms with Crippen LogP contribution in [0.2, 0.25) is 5.02 Å². The van der Waals surface area contributed by atoms with Gasteiger partial charge in [0.25, 0.3) is 11.8 Å². The molecule has 0 radical (unpaired) electrons. The number of amides is 2. The van der Waals surface area contributed by atoms with E-state index in [0.717, 1.165) is 6.07 Å². The number of piperazine rings is 1. The summed E-state index contributed by atoms with van der Waals surface area (Å²) in [5.41, 5.74) is 1.08. The third-order valence-corrected chi connectivity index (χ3v) is 5.69. The fraction of sp³-hybridized carbons (Fsp3) is 0.160. The molecule has 32 heavy (non-hydrogen) atoms. The minimum Gasteiger partial charge on any atom is -0.335 e. The number of hydrogen-bond acceptors (Lipinski definition) is 3. The van der Waals surface area contributed by atoms with Crippen molar-refractivity contribution in [2.75, 3.05) is 26.2 Å². The van der Waals surface area contributed by atoms with Crippen LogP contribution in [0.5, 0.6) is 0 Å². The van der Waals surface area contributed by atoms with Gasteiger partial charge in [0.15, 0.2) is 5.78 Å². The van der Waals surface area contributed by atoms with Crippen molar-refractivity contribution in [1.29, 1.82) is 0 Å². The average molecular weight is 451 g/mol. The van der Waals surface area contributed by atoms with Gasteiger partial charge < -0.3 is 9.80 Å². The van der Waals surface area contributed by atoms with Crippen LogP contribution in [0.1, 0.15) is 36.6 Å². The minimum atomic E-state index is -0.633. The second kappa shape index (κ2) is 9.32. The Kier molecular flexibility index (Phi) is 6.32. The summed E-state index contributed by atoms with van der Waals surface area (Å²) in [6, 6.07) is 19.4. The molecule has 0 unspecified atom stereocenters. The Morgan fingerprint density at radius 2 is 1.22 bits per heavy atom. The van der Waals surface area contributed by atoms with E-state index in [4.69, 9.17) is 11.6 Å². The Morgan fingerprint density at radius 1 is 0.688 bits per heavy atom. The zero-order valence-corrected chi connectivity index (χ0v) is 17.9. The molecule has 7 heteroatoms. The van der Waals surface area contributed by atoms with E-state index < -0.39 is 11.7 Å². The van der Waals surface area contributed by atoms with Gasteiger partial charge in [0.1, 0.15) is 5.82 Å². The summed E-state index contributed by atoms with van der Waals surface area (Å²) < 4.78 is 14.1. The standard InChI is InChI=1S/C25H20ClFN2O3/c26-18-10-11-22(27)21(16-18)25(32)29-14-12-28(13-15-29)24(31)20-9-5-4-8-19(20)23(30)17-6-2-1-3-7-17/h1-11,16H,12-15H2. The van der Waals surface area contributed by atoms with Crippen LogP contribution in [0.25, 0.3) is 0 Å².